The van der Waals surface area contributed by atoms with Crippen LogP contribution in [0.3, 0.4) is 0 Å². The second-order valence-corrected chi connectivity index (χ2v) is 6.78. The highest BCUT2D eigenvalue weighted by atomic mass is 19.1. The molecule has 7 heteroatoms. The van der Waals surface area contributed by atoms with Crippen LogP contribution in [0.1, 0.15) is 28.7 Å². The van der Waals surface area contributed by atoms with Gasteiger partial charge in [0.2, 0.25) is 0 Å². The van der Waals surface area contributed by atoms with Crippen LogP contribution in [0.4, 0.5) is 10.1 Å². The maximum atomic E-state index is 13.3. The summed E-state index contributed by atoms with van der Waals surface area (Å²) in [7, 11) is 0. The lowest BCUT2D eigenvalue weighted by molar-refractivity contribution is -0.132. The third-order valence-corrected chi connectivity index (χ3v) is 4.87. The molecule has 0 saturated carbocycles. The maximum absolute atomic E-state index is 13.3. The molecule has 1 aliphatic heterocycles. The third kappa shape index (κ3) is 3.14. The Balaban J connectivity index is 1.91. The lowest BCUT2D eigenvalue weighted by atomic mass is 9.99. The van der Waals surface area contributed by atoms with Crippen molar-refractivity contribution < 1.29 is 23.5 Å². The van der Waals surface area contributed by atoms with E-state index in [0.29, 0.717) is 22.8 Å². The van der Waals surface area contributed by atoms with Crippen LogP contribution in [0.5, 0.6) is 0 Å². The van der Waals surface area contributed by atoms with Gasteiger partial charge in [-0.05, 0) is 67.6 Å². The van der Waals surface area contributed by atoms with E-state index in [1.807, 2.05) is 6.07 Å². The van der Waals surface area contributed by atoms with Crippen LogP contribution in [0, 0.1) is 24.1 Å². The molecule has 148 valence electrons. The van der Waals surface area contributed by atoms with Crippen LogP contribution < -0.4 is 4.90 Å². The summed E-state index contributed by atoms with van der Waals surface area (Å²) in [6.45, 7) is 1.72. The first-order valence-corrected chi connectivity index (χ1v) is 9.04. The van der Waals surface area contributed by atoms with Crippen molar-refractivity contribution in [2.24, 2.45) is 0 Å². The predicted molar refractivity (Wildman–Crippen MR) is 106 cm³/mol. The number of ketones is 1. The number of halogens is 1. The Morgan fingerprint density at radius 2 is 1.73 bits per heavy atom. The third-order valence-electron chi connectivity index (χ3n) is 4.87. The van der Waals surface area contributed by atoms with E-state index in [0.717, 1.165) is 12.1 Å². The van der Waals surface area contributed by atoms with Gasteiger partial charge in [0.1, 0.15) is 29.1 Å². The molecule has 0 bridgehead atoms. The summed E-state index contributed by atoms with van der Waals surface area (Å²) in [4.78, 5) is 27.0. The number of nitrogens with zero attached hydrogens (tertiary/aromatic N) is 2. The number of nitriles is 1. The quantitative estimate of drug-likeness (QED) is 0.402. The van der Waals surface area contributed by atoms with Crippen molar-refractivity contribution in [1.29, 1.82) is 5.26 Å². The maximum Gasteiger partial charge on any atom is 0.300 e. The first-order valence-electron chi connectivity index (χ1n) is 9.04. The summed E-state index contributed by atoms with van der Waals surface area (Å²) in [5, 5.41) is 19.9. The zero-order chi connectivity index (χ0) is 21.4. The monoisotopic (exact) mass is 402 g/mol. The number of carbonyl (C=O) groups excluding carboxylic acids is 2. The zero-order valence-electron chi connectivity index (χ0n) is 15.8. The van der Waals surface area contributed by atoms with Crippen LogP contribution in [-0.2, 0) is 9.59 Å². The lowest BCUT2D eigenvalue weighted by Gasteiger charge is -2.23. The highest BCUT2D eigenvalue weighted by Crippen LogP contribution is 2.42. The topological polar surface area (TPSA) is 94.5 Å². The molecule has 1 unspecified atom stereocenters. The van der Waals surface area contributed by atoms with E-state index in [1.54, 1.807) is 31.2 Å². The number of hydrogen-bond donors (Lipinski definition) is 1. The van der Waals surface area contributed by atoms with Gasteiger partial charge in [-0.25, -0.2) is 4.39 Å². The lowest BCUT2D eigenvalue weighted by Crippen LogP contribution is -2.29. The number of Topliss-reactive ketones (excluding diaryl/α,β-unsaturated/α-hetero) is 1. The number of aryl methyl sites for hydroxylation is 1. The number of aliphatic hydroxyl groups excluding tert-OH is 1. The molecule has 2 heterocycles. The van der Waals surface area contributed by atoms with Crippen molar-refractivity contribution in [3.8, 4) is 6.07 Å². The number of aliphatic hydroxyl groups is 1. The number of anilines is 1. The molecule has 1 aliphatic rings. The van der Waals surface area contributed by atoms with Crippen molar-refractivity contribution in [3.63, 3.8) is 0 Å². The zero-order valence-corrected chi connectivity index (χ0v) is 15.8. The van der Waals surface area contributed by atoms with Gasteiger partial charge in [-0.1, -0.05) is 0 Å². The van der Waals surface area contributed by atoms with Gasteiger partial charge in [0.15, 0.2) is 0 Å². The van der Waals surface area contributed by atoms with E-state index in [1.165, 1.54) is 29.2 Å². The van der Waals surface area contributed by atoms with Crippen molar-refractivity contribution >= 4 is 23.1 Å². The minimum atomic E-state index is -1.02. The fourth-order valence-corrected chi connectivity index (χ4v) is 3.43. The molecule has 1 fully saturated rings. The Hall–Kier alpha value is -4.18. The minimum absolute atomic E-state index is 0.162. The van der Waals surface area contributed by atoms with Gasteiger partial charge in [0.25, 0.3) is 11.7 Å². The Morgan fingerprint density at radius 3 is 2.30 bits per heavy atom. The fraction of sp³-hybridized carbons (Fsp3) is 0.0870. The van der Waals surface area contributed by atoms with Gasteiger partial charge in [0, 0.05) is 11.3 Å². The van der Waals surface area contributed by atoms with E-state index < -0.39 is 29.3 Å². The molecule has 30 heavy (non-hydrogen) atoms. The molecule has 2 aromatic carbocycles. The molecule has 1 saturated heterocycles. The van der Waals surface area contributed by atoms with Crippen LogP contribution in [0.15, 0.2) is 70.7 Å². The Bertz CT molecular complexity index is 1220. The smallest absolute Gasteiger partial charge is 0.300 e. The van der Waals surface area contributed by atoms with Crippen LogP contribution in [0.25, 0.3) is 5.76 Å². The second-order valence-electron chi connectivity index (χ2n) is 6.78. The normalized spacial score (nSPS) is 17.9. The van der Waals surface area contributed by atoms with Gasteiger partial charge in [0.05, 0.1) is 17.2 Å². The number of benzene rings is 2. The second kappa shape index (κ2) is 7.33. The van der Waals surface area contributed by atoms with Crippen LogP contribution >= 0.6 is 0 Å². The molecule has 1 aromatic heterocycles. The standard InChI is InChI=1S/C23H15FN2O4/c1-13-2-11-18(30-13)20-19(21(27)15-5-7-16(24)8-6-15)22(28)23(29)26(20)17-9-3-14(12-25)4-10-17/h2-11,20,27H,1H3/b21-19-. The van der Waals surface area contributed by atoms with Crippen LogP contribution in [0.2, 0.25) is 0 Å². The molecule has 1 N–H and O–H groups in total. The highest BCUT2D eigenvalue weighted by Gasteiger charge is 2.48. The molecular weight excluding hydrogens is 387 g/mol. The number of rotatable bonds is 3. The largest absolute Gasteiger partial charge is 0.507 e. The fourth-order valence-electron chi connectivity index (χ4n) is 3.43. The molecule has 4 rings (SSSR count). The molecule has 3 aromatic rings. The first kappa shape index (κ1) is 19.2. The summed E-state index contributed by atoms with van der Waals surface area (Å²) in [6.07, 6.45) is 0. The van der Waals surface area contributed by atoms with Gasteiger partial charge < -0.3 is 9.52 Å². The van der Waals surface area contributed by atoms with Gasteiger partial charge >= 0.3 is 0 Å². The predicted octanol–water partition coefficient (Wildman–Crippen LogP) is 4.23. The molecule has 6 nitrogen and oxygen atoms in total. The first-order chi connectivity index (χ1) is 14.4. The summed E-state index contributed by atoms with van der Waals surface area (Å²) >= 11 is 0. The van der Waals surface area contributed by atoms with Gasteiger partial charge in [-0.15, -0.1) is 0 Å². The highest BCUT2D eigenvalue weighted by molar-refractivity contribution is 6.51. The summed E-state index contributed by atoms with van der Waals surface area (Å²) < 4.78 is 19.0. The summed E-state index contributed by atoms with van der Waals surface area (Å²) in [5.41, 5.74) is 0.799. The Labute approximate surface area is 171 Å². The molecule has 1 atom stereocenters. The van der Waals surface area contributed by atoms with E-state index >= 15 is 0 Å². The average molecular weight is 402 g/mol. The van der Waals surface area contributed by atoms with E-state index in [4.69, 9.17) is 9.68 Å². The molecule has 0 radical (unpaired) electrons. The van der Waals surface area contributed by atoms with Crippen molar-refractivity contribution in [2.75, 3.05) is 4.90 Å². The molecule has 1 amide bonds. The van der Waals surface area contributed by atoms with Crippen LogP contribution in [-0.4, -0.2) is 16.8 Å². The average Bonchev–Trinajstić information content (AvgIpc) is 3.29. The van der Waals surface area contributed by atoms with E-state index in [9.17, 15) is 19.1 Å². The number of carbonyl (C=O) groups is 2. The van der Waals surface area contributed by atoms with Gasteiger partial charge in [-0.2, -0.15) is 5.26 Å². The molecule has 0 spiro atoms. The Morgan fingerprint density at radius 1 is 1.07 bits per heavy atom. The van der Waals surface area contributed by atoms with Crippen molar-refractivity contribution in [1.82, 2.24) is 0 Å². The number of amides is 1. The van der Waals surface area contributed by atoms with Crippen molar-refractivity contribution in [2.45, 2.75) is 13.0 Å². The molecule has 0 aliphatic carbocycles. The Kier molecular flexibility index (Phi) is 4.68. The van der Waals surface area contributed by atoms with Crippen molar-refractivity contribution in [3.05, 3.63) is 94.7 Å². The SMILES string of the molecule is Cc1ccc(C2/C(=C(/O)c3ccc(F)cc3)C(=O)C(=O)N2c2ccc(C#N)cc2)o1. The van der Waals surface area contributed by atoms with E-state index in [2.05, 4.69) is 0 Å². The number of furan rings is 1. The summed E-state index contributed by atoms with van der Waals surface area (Å²) in [6, 6.07) is 15.4. The summed E-state index contributed by atoms with van der Waals surface area (Å²) in [5.74, 6) is -1.80. The van der Waals surface area contributed by atoms with E-state index in [-0.39, 0.29) is 11.1 Å². The minimum Gasteiger partial charge on any atom is -0.507 e. The molecular formula is C23H15FN2O4. The van der Waals surface area contributed by atoms with Gasteiger partial charge in [-0.3, -0.25) is 14.5 Å². The number of hydrogen-bond acceptors (Lipinski definition) is 5.